The summed E-state index contributed by atoms with van der Waals surface area (Å²) in [6, 6.07) is 7.33. The van der Waals surface area contributed by atoms with Crippen LogP contribution in [-0.2, 0) is 0 Å². The summed E-state index contributed by atoms with van der Waals surface area (Å²) in [5, 5.41) is 0.781. The van der Waals surface area contributed by atoms with Crippen LogP contribution in [0.3, 0.4) is 0 Å². The van der Waals surface area contributed by atoms with E-state index in [0.717, 1.165) is 24.2 Å². The number of carbonyl (C=O) groups is 1. The molecule has 1 aromatic carbocycles. The molecular weight excluding hydrogens is 266 g/mol. The highest BCUT2D eigenvalue weighted by atomic mass is 16.4. The quantitative estimate of drug-likeness (QED) is 0.624. The van der Waals surface area contributed by atoms with Crippen molar-refractivity contribution >= 4 is 22.4 Å². The molecule has 1 heterocycles. The zero-order valence-electron chi connectivity index (χ0n) is 13.0. The van der Waals surface area contributed by atoms with Gasteiger partial charge in [0.2, 0.25) is 0 Å². The fourth-order valence-corrected chi connectivity index (χ4v) is 2.38. The molecule has 0 N–H and O–H groups in total. The fraction of sp³-hybridized carbons (Fsp3) is 0.412. The molecule has 0 aliphatic heterocycles. The van der Waals surface area contributed by atoms with Crippen LogP contribution in [0.15, 0.2) is 33.5 Å². The van der Waals surface area contributed by atoms with E-state index in [1.165, 1.54) is 0 Å². The van der Waals surface area contributed by atoms with Crippen LogP contribution >= 0.6 is 0 Å². The topological polar surface area (TPSA) is 50.5 Å². The Hall–Kier alpha value is -2.10. The Bertz CT molecular complexity index is 712. The summed E-state index contributed by atoms with van der Waals surface area (Å²) in [5.74, 6) is -0.407. The number of nitrogens with zero attached hydrogens (tertiary/aromatic N) is 1. The SMILES string of the molecule is CCN(CC)c1ccc2oc(=O)c(C(=O)C(C)C)cc2c1. The van der Waals surface area contributed by atoms with E-state index in [4.69, 9.17) is 4.42 Å². The van der Waals surface area contributed by atoms with Crippen LogP contribution in [0.5, 0.6) is 0 Å². The van der Waals surface area contributed by atoms with Crippen molar-refractivity contribution in [3.63, 3.8) is 0 Å². The third-order valence-electron chi connectivity index (χ3n) is 3.63. The number of Topliss-reactive ketones (excluding diaryl/α,β-unsaturated/α-hetero) is 1. The minimum absolute atomic E-state index is 0.134. The van der Waals surface area contributed by atoms with Crippen LogP contribution in [0.2, 0.25) is 0 Å². The minimum Gasteiger partial charge on any atom is -0.422 e. The van der Waals surface area contributed by atoms with Gasteiger partial charge in [-0.15, -0.1) is 0 Å². The van der Waals surface area contributed by atoms with Crippen LogP contribution in [0.4, 0.5) is 5.69 Å². The van der Waals surface area contributed by atoms with Gasteiger partial charge in [-0.3, -0.25) is 4.79 Å². The first-order valence-corrected chi connectivity index (χ1v) is 7.35. The molecule has 0 saturated heterocycles. The first-order valence-electron chi connectivity index (χ1n) is 7.35. The lowest BCUT2D eigenvalue weighted by molar-refractivity contribution is 0.0936. The largest absolute Gasteiger partial charge is 0.422 e. The molecule has 0 unspecified atom stereocenters. The van der Waals surface area contributed by atoms with Crippen molar-refractivity contribution in [3.8, 4) is 0 Å². The zero-order valence-corrected chi connectivity index (χ0v) is 13.0. The average molecular weight is 287 g/mol. The van der Waals surface area contributed by atoms with Gasteiger partial charge in [-0.05, 0) is 38.1 Å². The van der Waals surface area contributed by atoms with Gasteiger partial charge in [0.05, 0.1) is 0 Å². The molecule has 0 amide bonds. The summed E-state index contributed by atoms with van der Waals surface area (Å²) >= 11 is 0. The second kappa shape index (κ2) is 6.12. The molecule has 0 saturated carbocycles. The summed E-state index contributed by atoms with van der Waals surface area (Å²) in [5.41, 5.74) is 1.14. The normalized spacial score (nSPS) is 11.1. The molecule has 0 bridgehead atoms. The number of benzene rings is 1. The van der Waals surface area contributed by atoms with Crippen molar-refractivity contribution in [1.29, 1.82) is 0 Å². The van der Waals surface area contributed by atoms with E-state index in [0.29, 0.717) is 5.58 Å². The maximum atomic E-state index is 12.1. The number of fused-ring (bicyclic) bond motifs is 1. The molecule has 2 rings (SSSR count). The second-order valence-electron chi connectivity index (χ2n) is 5.36. The molecule has 4 heteroatoms. The Morgan fingerprint density at radius 1 is 1.19 bits per heavy atom. The Morgan fingerprint density at radius 2 is 1.86 bits per heavy atom. The number of carbonyl (C=O) groups excluding carboxylic acids is 1. The second-order valence-corrected chi connectivity index (χ2v) is 5.36. The maximum absolute atomic E-state index is 12.1. The summed E-state index contributed by atoms with van der Waals surface area (Å²) in [6.45, 7) is 9.53. The van der Waals surface area contributed by atoms with E-state index < -0.39 is 5.63 Å². The van der Waals surface area contributed by atoms with Crippen molar-refractivity contribution in [1.82, 2.24) is 0 Å². The highest BCUT2D eigenvalue weighted by Gasteiger charge is 2.17. The standard InChI is InChI=1S/C17H21NO3/c1-5-18(6-2)13-7-8-15-12(9-13)10-14(17(20)21-15)16(19)11(3)4/h7-11H,5-6H2,1-4H3. The number of anilines is 1. The summed E-state index contributed by atoms with van der Waals surface area (Å²) in [7, 11) is 0. The van der Waals surface area contributed by atoms with E-state index in [1.807, 2.05) is 12.1 Å². The van der Waals surface area contributed by atoms with E-state index in [2.05, 4.69) is 18.7 Å². The number of hydrogen-bond acceptors (Lipinski definition) is 4. The summed E-state index contributed by atoms with van der Waals surface area (Å²) in [4.78, 5) is 26.2. The molecule has 21 heavy (non-hydrogen) atoms. The Kier molecular flexibility index (Phi) is 4.46. The molecule has 2 aromatic rings. The van der Waals surface area contributed by atoms with Crippen LogP contribution in [0.1, 0.15) is 38.1 Å². The van der Waals surface area contributed by atoms with Crippen molar-refractivity contribution in [3.05, 3.63) is 40.2 Å². The van der Waals surface area contributed by atoms with E-state index >= 15 is 0 Å². The highest BCUT2D eigenvalue weighted by Crippen LogP contribution is 2.22. The molecule has 0 radical (unpaired) electrons. The minimum atomic E-state index is -0.559. The van der Waals surface area contributed by atoms with Crippen molar-refractivity contribution in [2.45, 2.75) is 27.7 Å². The fourth-order valence-electron chi connectivity index (χ4n) is 2.38. The molecule has 0 atom stereocenters. The highest BCUT2D eigenvalue weighted by molar-refractivity contribution is 5.99. The van der Waals surface area contributed by atoms with Gasteiger partial charge in [-0.25, -0.2) is 4.79 Å². The van der Waals surface area contributed by atoms with E-state index in [1.54, 1.807) is 26.0 Å². The molecule has 0 fully saturated rings. The predicted molar refractivity (Wildman–Crippen MR) is 85.2 cm³/mol. The summed E-state index contributed by atoms with van der Waals surface area (Å²) in [6.07, 6.45) is 0. The van der Waals surface area contributed by atoms with Crippen LogP contribution in [0.25, 0.3) is 11.0 Å². The average Bonchev–Trinajstić information content (AvgIpc) is 2.47. The lowest BCUT2D eigenvalue weighted by atomic mass is 10.0. The van der Waals surface area contributed by atoms with Gasteiger partial charge in [0.25, 0.3) is 0 Å². The van der Waals surface area contributed by atoms with Crippen LogP contribution < -0.4 is 10.5 Å². The number of rotatable bonds is 5. The van der Waals surface area contributed by atoms with Gasteiger partial charge in [0, 0.05) is 30.1 Å². The molecule has 0 spiro atoms. The van der Waals surface area contributed by atoms with Crippen molar-refractivity contribution in [2.75, 3.05) is 18.0 Å². The first-order chi connectivity index (χ1) is 9.97. The van der Waals surface area contributed by atoms with Gasteiger partial charge < -0.3 is 9.32 Å². The van der Waals surface area contributed by atoms with Gasteiger partial charge in [0.15, 0.2) is 5.78 Å². The zero-order chi connectivity index (χ0) is 15.6. The number of ketones is 1. The van der Waals surface area contributed by atoms with Gasteiger partial charge >= 0.3 is 5.63 Å². The summed E-state index contributed by atoms with van der Waals surface area (Å²) < 4.78 is 5.27. The lowest BCUT2D eigenvalue weighted by Crippen LogP contribution is -2.21. The van der Waals surface area contributed by atoms with E-state index in [9.17, 15) is 9.59 Å². The third kappa shape index (κ3) is 2.99. The number of hydrogen-bond donors (Lipinski definition) is 0. The Labute approximate surface area is 124 Å². The Morgan fingerprint density at radius 3 is 2.43 bits per heavy atom. The third-order valence-corrected chi connectivity index (χ3v) is 3.63. The molecular formula is C17H21NO3. The van der Waals surface area contributed by atoms with Crippen molar-refractivity contribution < 1.29 is 9.21 Å². The van der Waals surface area contributed by atoms with Crippen LogP contribution in [-0.4, -0.2) is 18.9 Å². The van der Waals surface area contributed by atoms with E-state index in [-0.39, 0.29) is 17.3 Å². The Balaban J connectivity index is 2.58. The maximum Gasteiger partial charge on any atom is 0.347 e. The molecule has 0 aliphatic rings. The predicted octanol–water partition coefficient (Wildman–Crippen LogP) is 3.48. The lowest BCUT2D eigenvalue weighted by Gasteiger charge is -2.21. The van der Waals surface area contributed by atoms with Crippen molar-refractivity contribution in [2.24, 2.45) is 5.92 Å². The molecule has 1 aromatic heterocycles. The molecule has 112 valence electrons. The van der Waals surface area contributed by atoms with Gasteiger partial charge in [0.1, 0.15) is 11.1 Å². The smallest absolute Gasteiger partial charge is 0.347 e. The first kappa shape index (κ1) is 15.3. The molecule has 4 nitrogen and oxygen atoms in total. The van der Waals surface area contributed by atoms with Gasteiger partial charge in [-0.1, -0.05) is 13.8 Å². The monoisotopic (exact) mass is 287 g/mol. The molecule has 0 aliphatic carbocycles. The van der Waals surface area contributed by atoms with Crippen LogP contribution in [0, 0.1) is 5.92 Å². The van der Waals surface area contributed by atoms with Gasteiger partial charge in [-0.2, -0.15) is 0 Å².